The van der Waals surface area contributed by atoms with Crippen molar-refractivity contribution in [1.29, 1.82) is 0 Å². The van der Waals surface area contributed by atoms with E-state index < -0.39 is 15.8 Å². The van der Waals surface area contributed by atoms with Gasteiger partial charge in [-0.1, -0.05) is 194 Å². The Kier molecular flexibility index (Phi) is 11.0. The summed E-state index contributed by atoms with van der Waals surface area (Å²) in [6.45, 7) is 0. The zero-order chi connectivity index (χ0) is 30.7. The van der Waals surface area contributed by atoms with Crippen LogP contribution < -0.4 is 44.2 Å². The Morgan fingerprint density at radius 1 is 0.271 bits per heavy atom. The van der Waals surface area contributed by atoms with Gasteiger partial charge in [0.2, 0.25) is 0 Å². The summed E-state index contributed by atoms with van der Waals surface area (Å²) in [6.07, 6.45) is 0. The zero-order valence-corrected chi connectivity index (χ0v) is 30.4. The Morgan fingerprint density at radius 2 is 0.542 bits per heavy atom. The first kappa shape index (κ1) is 33.9. The van der Waals surface area contributed by atoms with E-state index in [1.54, 1.807) is 0 Å². The minimum absolute atomic E-state index is 0. The van der Waals surface area contributed by atoms with Gasteiger partial charge in [-0.15, -0.1) is 0 Å². The second-order valence-electron chi connectivity index (χ2n) is 11.4. The summed E-state index contributed by atoms with van der Waals surface area (Å²) in [4.78, 5) is 0. The smallest absolute Gasteiger partial charge is 1.00 e. The van der Waals surface area contributed by atoms with Crippen LogP contribution in [0, 0.1) is 0 Å². The molecule has 0 aliphatic heterocycles. The first-order chi connectivity index (χ1) is 22.9. The molecule has 0 nitrogen and oxygen atoms in total. The van der Waals surface area contributed by atoms with Gasteiger partial charge in [0.15, 0.2) is 0 Å². The van der Waals surface area contributed by atoms with Gasteiger partial charge in [0.25, 0.3) is 0 Å². The molecular formula is C44H32ClP2Ru+. The molecule has 0 radical (unpaired) electrons. The Bertz CT molecular complexity index is 2020. The van der Waals surface area contributed by atoms with Gasteiger partial charge in [-0.05, 0) is 80.3 Å². The number of rotatable bonds is 7. The van der Waals surface area contributed by atoms with Crippen molar-refractivity contribution in [2.75, 3.05) is 0 Å². The normalized spacial score (nSPS) is 11.0. The Morgan fingerprint density at radius 3 is 0.854 bits per heavy atom. The molecule has 0 aliphatic rings. The average Bonchev–Trinajstić information content (AvgIpc) is 3.14. The number of fused-ring (bicyclic) bond motifs is 2. The fourth-order valence-corrected chi connectivity index (χ4v) is 11.5. The minimum Gasteiger partial charge on any atom is -1.00 e. The number of halogens is 1. The van der Waals surface area contributed by atoms with Crippen LogP contribution in [0.3, 0.4) is 0 Å². The summed E-state index contributed by atoms with van der Waals surface area (Å²) in [5, 5.41) is 13.3. The van der Waals surface area contributed by atoms with Gasteiger partial charge in [0.1, 0.15) is 0 Å². The van der Waals surface area contributed by atoms with E-state index in [0.29, 0.717) is 0 Å². The fraction of sp³-hybridized carbons (Fsp3) is 0. The second kappa shape index (κ2) is 15.5. The predicted molar refractivity (Wildman–Crippen MR) is 204 cm³/mol. The Labute approximate surface area is 304 Å². The van der Waals surface area contributed by atoms with E-state index in [4.69, 9.17) is 0 Å². The van der Waals surface area contributed by atoms with Crippen molar-refractivity contribution < 1.29 is 31.9 Å². The first-order valence-corrected chi connectivity index (χ1v) is 18.4. The molecule has 0 bridgehead atoms. The van der Waals surface area contributed by atoms with Gasteiger partial charge >= 0.3 is 19.5 Å². The standard InChI is InChI=1S/C44H32P2.ClH.Ru/c1-5-19-35(20-6-1)45(36-21-7-2-8-22-36)41-31-29-33-17-13-15-27-39(33)43(41)44-40-28-16-14-18-34(40)30-32-42(44)46(37-23-9-3-10-24-37)38-25-11-4-12-26-38;;/h1-32H;1H;/q;;+2/p-1. The van der Waals surface area contributed by atoms with Gasteiger partial charge in [-0.2, -0.15) is 0 Å². The van der Waals surface area contributed by atoms with E-state index >= 15 is 0 Å². The van der Waals surface area contributed by atoms with Crippen LogP contribution in [0.5, 0.6) is 0 Å². The number of hydrogen-bond acceptors (Lipinski definition) is 0. The van der Waals surface area contributed by atoms with E-state index in [1.165, 1.54) is 64.5 Å². The van der Waals surface area contributed by atoms with E-state index in [0.717, 1.165) is 0 Å². The maximum absolute atomic E-state index is 2.42. The van der Waals surface area contributed by atoms with E-state index in [1.807, 2.05) is 0 Å². The van der Waals surface area contributed by atoms with Crippen molar-refractivity contribution in [3.63, 3.8) is 0 Å². The molecule has 8 aromatic rings. The van der Waals surface area contributed by atoms with Gasteiger partial charge in [0, 0.05) is 0 Å². The summed E-state index contributed by atoms with van der Waals surface area (Å²) in [6, 6.07) is 71.8. The van der Waals surface area contributed by atoms with Crippen LogP contribution >= 0.6 is 15.8 Å². The SMILES string of the molecule is [Cl-].[Ru+2].c1ccc(P(c2ccccc2)c2ccc3ccccc3c2-c2c(P(c3ccccc3)c3ccccc3)ccc3ccccc23)cc1. The predicted octanol–water partition coefficient (Wildman–Crippen LogP) is 6.18. The second-order valence-corrected chi connectivity index (χ2v) is 15.7. The zero-order valence-electron chi connectivity index (χ0n) is 26.1. The maximum atomic E-state index is 2.42. The number of benzene rings is 8. The van der Waals surface area contributed by atoms with Crippen LogP contribution in [-0.4, -0.2) is 0 Å². The summed E-state index contributed by atoms with van der Waals surface area (Å²) >= 11 is 0. The third-order valence-electron chi connectivity index (χ3n) is 8.60. The van der Waals surface area contributed by atoms with Crippen molar-refractivity contribution in [3.05, 3.63) is 194 Å². The molecule has 0 N–H and O–H groups in total. The van der Waals surface area contributed by atoms with Crippen molar-refractivity contribution in [3.8, 4) is 11.1 Å². The fourth-order valence-electron chi connectivity index (χ4n) is 6.58. The van der Waals surface area contributed by atoms with Crippen molar-refractivity contribution in [1.82, 2.24) is 0 Å². The maximum Gasteiger partial charge on any atom is 2.00 e. The Hall–Kier alpha value is -3.95. The molecule has 0 atom stereocenters. The molecule has 48 heavy (non-hydrogen) atoms. The molecule has 0 saturated carbocycles. The third-order valence-corrected chi connectivity index (χ3v) is 13.6. The van der Waals surface area contributed by atoms with Crippen LogP contribution in [0.15, 0.2) is 194 Å². The summed E-state index contributed by atoms with van der Waals surface area (Å²) < 4.78 is 0. The average molecular weight is 759 g/mol. The van der Waals surface area contributed by atoms with Crippen molar-refractivity contribution in [2.45, 2.75) is 0 Å². The molecule has 8 aromatic carbocycles. The van der Waals surface area contributed by atoms with Gasteiger partial charge < -0.3 is 12.4 Å². The van der Waals surface area contributed by atoms with E-state index in [-0.39, 0.29) is 31.9 Å². The molecule has 4 heteroatoms. The van der Waals surface area contributed by atoms with Gasteiger partial charge in [-0.25, -0.2) is 0 Å². The van der Waals surface area contributed by atoms with Crippen LogP contribution in [0.4, 0.5) is 0 Å². The number of hydrogen-bond donors (Lipinski definition) is 0. The van der Waals surface area contributed by atoms with Crippen LogP contribution in [-0.2, 0) is 19.5 Å². The molecule has 0 heterocycles. The molecule has 0 aromatic heterocycles. The summed E-state index contributed by atoms with van der Waals surface area (Å²) in [7, 11) is -1.70. The monoisotopic (exact) mass is 759 g/mol. The third kappa shape index (κ3) is 6.55. The van der Waals surface area contributed by atoms with Gasteiger partial charge in [0.05, 0.1) is 0 Å². The molecule has 0 unspecified atom stereocenters. The van der Waals surface area contributed by atoms with Gasteiger partial charge in [-0.3, -0.25) is 0 Å². The summed E-state index contributed by atoms with van der Waals surface area (Å²) in [5.74, 6) is 0. The van der Waals surface area contributed by atoms with E-state index in [9.17, 15) is 0 Å². The minimum atomic E-state index is -0.852. The quantitative estimate of drug-likeness (QED) is 0.135. The topological polar surface area (TPSA) is 0 Å². The Balaban J connectivity index is 0.00000201. The largest absolute Gasteiger partial charge is 2.00 e. The van der Waals surface area contributed by atoms with E-state index in [2.05, 4.69) is 194 Å². The molecule has 0 saturated heterocycles. The van der Waals surface area contributed by atoms with Crippen molar-refractivity contribution >= 4 is 69.2 Å². The van der Waals surface area contributed by atoms with Crippen LogP contribution in [0.25, 0.3) is 32.7 Å². The van der Waals surface area contributed by atoms with Crippen molar-refractivity contribution in [2.24, 2.45) is 0 Å². The molecular weight excluding hydrogens is 727 g/mol. The molecule has 232 valence electrons. The summed E-state index contributed by atoms with van der Waals surface area (Å²) in [5.41, 5.74) is 2.70. The molecule has 0 amide bonds. The first-order valence-electron chi connectivity index (χ1n) is 15.7. The molecule has 0 aliphatic carbocycles. The van der Waals surface area contributed by atoms with Crippen LogP contribution in [0.2, 0.25) is 0 Å². The molecule has 8 rings (SSSR count). The molecule has 0 spiro atoms. The molecule has 0 fully saturated rings. The van der Waals surface area contributed by atoms with Crippen LogP contribution in [0.1, 0.15) is 0 Å².